The van der Waals surface area contributed by atoms with E-state index in [1.165, 1.54) is 0 Å². The molecule has 78 valence electrons. The summed E-state index contributed by atoms with van der Waals surface area (Å²) in [5.41, 5.74) is 0.875. The monoisotopic (exact) mass is 233 g/mol. The predicted molar refractivity (Wildman–Crippen MR) is 61.4 cm³/mol. The average Bonchev–Trinajstić information content (AvgIpc) is 2.16. The van der Waals surface area contributed by atoms with E-state index in [2.05, 4.69) is 5.32 Å². The van der Waals surface area contributed by atoms with Gasteiger partial charge in [-0.05, 0) is 25.1 Å². The van der Waals surface area contributed by atoms with E-state index in [1.54, 1.807) is 19.2 Å². The zero-order valence-electron chi connectivity index (χ0n) is 8.18. The van der Waals surface area contributed by atoms with E-state index >= 15 is 0 Å². The Morgan fingerprint density at radius 3 is 2.71 bits per heavy atom. The van der Waals surface area contributed by atoms with Crippen molar-refractivity contribution >= 4 is 28.9 Å². The molecule has 0 radical (unpaired) electrons. The Balaban J connectivity index is 2.59. The van der Waals surface area contributed by atoms with Crippen molar-refractivity contribution in [2.24, 2.45) is 0 Å². The summed E-state index contributed by atoms with van der Waals surface area (Å²) >= 11 is 11.7. The van der Waals surface area contributed by atoms with Crippen LogP contribution in [0.3, 0.4) is 0 Å². The highest BCUT2D eigenvalue weighted by Crippen LogP contribution is 2.25. The van der Waals surface area contributed by atoms with Crippen LogP contribution in [0.5, 0.6) is 0 Å². The van der Waals surface area contributed by atoms with Gasteiger partial charge in [-0.3, -0.25) is 0 Å². The zero-order chi connectivity index (χ0) is 10.6. The molecule has 1 aromatic rings. The highest BCUT2D eigenvalue weighted by molar-refractivity contribution is 6.36. The minimum Gasteiger partial charge on any atom is -0.381 e. The fraction of sp³-hybridized carbons (Fsp3) is 0.400. The van der Waals surface area contributed by atoms with Gasteiger partial charge in [-0.1, -0.05) is 23.2 Å². The second-order valence-corrected chi connectivity index (χ2v) is 3.90. The van der Waals surface area contributed by atoms with Crippen LogP contribution in [0.1, 0.15) is 6.92 Å². The van der Waals surface area contributed by atoms with Gasteiger partial charge in [0.15, 0.2) is 0 Å². The van der Waals surface area contributed by atoms with Gasteiger partial charge in [0.2, 0.25) is 0 Å². The minimum atomic E-state index is 0.154. The molecular weight excluding hydrogens is 221 g/mol. The van der Waals surface area contributed by atoms with Crippen LogP contribution in [0.4, 0.5) is 5.69 Å². The number of hydrogen-bond donors (Lipinski definition) is 1. The molecule has 0 saturated carbocycles. The number of methoxy groups -OCH3 is 1. The SMILES string of the molecule is COC(C)CNc1ccc(Cl)cc1Cl. The summed E-state index contributed by atoms with van der Waals surface area (Å²) in [7, 11) is 1.68. The van der Waals surface area contributed by atoms with Crippen LogP contribution < -0.4 is 5.32 Å². The molecule has 1 N–H and O–H groups in total. The van der Waals surface area contributed by atoms with Crippen molar-refractivity contribution in [3.05, 3.63) is 28.2 Å². The summed E-state index contributed by atoms with van der Waals surface area (Å²) in [5, 5.41) is 4.44. The van der Waals surface area contributed by atoms with Crippen molar-refractivity contribution in [3.8, 4) is 0 Å². The van der Waals surface area contributed by atoms with E-state index in [0.29, 0.717) is 10.0 Å². The highest BCUT2D eigenvalue weighted by atomic mass is 35.5. The number of ether oxygens (including phenoxy) is 1. The Morgan fingerprint density at radius 2 is 2.14 bits per heavy atom. The quantitative estimate of drug-likeness (QED) is 0.861. The summed E-state index contributed by atoms with van der Waals surface area (Å²) in [6.45, 7) is 2.70. The molecule has 1 aromatic carbocycles. The second-order valence-electron chi connectivity index (χ2n) is 3.05. The fourth-order valence-corrected chi connectivity index (χ4v) is 1.45. The van der Waals surface area contributed by atoms with Gasteiger partial charge in [0.1, 0.15) is 0 Å². The summed E-state index contributed by atoms with van der Waals surface area (Å²) in [6, 6.07) is 5.36. The lowest BCUT2D eigenvalue weighted by Crippen LogP contribution is -2.18. The third kappa shape index (κ3) is 3.37. The summed E-state index contributed by atoms with van der Waals surface area (Å²) < 4.78 is 5.10. The van der Waals surface area contributed by atoms with Gasteiger partial charge in [0.05, 0.1) is 16.8 Å². The number of anilines is 1. The highest BCUT2D eigenvalue weighted by Gasteiger charge is 2.02. The molecule has 2 nitrogen and oxygen atoms in total. The lowest BCUT2D eigenvalue weighted by molar-refractivity contribution is 0.129. The van der Waals surface area contributed by atoms with Crippen LogP contribution in [0.2, 0.25) is 10.0 Å². The van der Waals surface area contributed by atoms with Crippen molar-refractivity contribution in [2.45, 2.75) is 13.0 Å². The van der Waals surface area contributed by atoms with Gasteiger partial charge in [0, 0.05) is 18.7 Å². The normalized spacial score (nSPS) is 12.6. The van der Waals surface area contributed by atoms with Gasteiger partial charge in [-0.2, -0.15) is 0 Å². The number of hydrogen-bond acceptors (Lipinski definition) is 2. The molecule has 0 aliphatic carbocycles. The molecule has 14 heavy (non-hydrogen) atoms. The number of nitrogens with one attached hydrogen (secondary N) is 1. The van der Waals surface area contributed by atoms with Gasteiger partial charge in [0.25, 0.3) is 0 Å². The van der Waals surface area contributed by atoms with Crippen LogP contribution in [0.25, 0.3) is 0 Å². The third-order valence-corrected chi connectivity index (χ3v) is 2.46. The molecule has 0 heterocycles. The topological polar surface area (TPSA) is 21.3 Å². The van der Waals surface area contributed by atoms with Crippen molar-refractivity contribution in [1.29, 1.82) is 0 Å². The molecule has 1 unspecified atom stereocenters. The van der Waals surface area contributed by atoms with E-state index < -0.39 is 0 Å². The van der Waals surface area contributed by atoms with Crippen molar-refractivity contribution in [1.82, 2.24) is 0 Å². The molecule has 0 fully saturated rings. The minimum absolute atomic E-state index is 0.154. The number of benzene rings is 1. The first-order valence-electron chi connectivity index (χ1n) is 4.35. The van der Waals surface area contributed by atoms with Gasteiger partial charge >= 0.3 is 0 Å². The summed E-state index contributed by atoms with van der Waals surface area (Å²) in [6.07, 6.45) is 0.154. The molecular formula is C10H13Cl2NO. The molecule has 0 bridgehead atoms. The number of halogens is 2. The van der Waals surface area contributed by atoms with Crippen LogP contribution >= 0.6 is 23.2 Å². The largest absolute Gasteiger partial charge is 0.381 e. The lowest BCUT2D eigenvalue weighted by atomic mass is 10.3. The first-order valence-corrected chi connectivity index (χ1v) is 5.11. The Kier molecular flexibility index (Phi) is 4.52. The first kappa shape index (κ1) is 11.6. The first-order chi connectivity index (χ1) is 6.63. The predicted octanol–water partition coefficient (Wildman–Crippen LogP) is 3.44. The summed E-state index contributed by atoms with van der Waals surface area (Å²) in [4.78, 5) is 0. The standard InChI is InChI=1S/C10H13Cl2NO/c1-7(14-2)6-13-10-4-3-8(11)5-9(10)12/h3-5,7,13H,6H2,1-2H3. The van der Waals surface area contributed by atoms with E-state index in [4.69, 9.17) is 27.9 Å². The smallest absolute Gasteiger partial charge is 0.0715 e. The third-order valence-electron chi connectivity index (χ3n) is 1.91. The Bertz CT molecular complexity index is 304. The fourth-order valence-electron chi connectivity index (χ4n) is 0.970. The number of rotatable bonds is 4. The molecule has 0 aromatic heterocycles. The Morgan fingerprint density at radius 1 is 1.43 bits per heavy atom. The maximum absolute atomic E-state index is 5.97. The van der Waals surface area contributed by atoms with Crippen LogP contribution in [-0.2, 0) is 4.74 Å². The van der Waals surface area contributed by atoms with E-state index in [1.807, 2.05) is 13.0 Å². The molecule has 1 atom stereocenters. The molecule has 0 aliphatic heterocycles. The summed E-state index contributed by atoms with van der Waals surface area (Å²) in [5.74, 6) is 0. The van der Waals surface area contributed by atoms with Crippen LogP contribution in [-0.4, -0.2) is 19.8 Å². The molecule has 0 amide bonds. The Labute approximate surface area is 94.2 Å². The molecule has 0 spiro atoms. The molecule has 0 aliphatic rings. The van der Waals surface area contributed by atoms with Crippen molar-refractivity contribution < 1.29 is 4.74 Å². The average molecular weight is 234 g/mol. The maximum Gasteiger partial charge on any atom is 0.0715 e. The lowest BCUT2D eigenvalue weighted by Gasteiger charge is -2.12. The van der Waals surface area contributed by atoms with E-state index in [-0.39, 0.29) is 6.10 Å². The van der Waals surface area contributed by atoms with Crippen LogP contribution in [0, 0.1) is 0 Å². The van der Waals surface area contributed by atoms with Gasteiger partial charge in [-0.25, -0.2) is 0 Å². The van der Waals surface area contributed by atoms with Crippen molar-refractivity contribution in [2.75, 3.05) is 19.0 Å². The Hall–Kier alpha value is -0.440. The van der Waals surface area contributed by atoms with Gasteiger partial charge < -0.3 is 10.1 Å². The van der Waals surface area contributed by atoms with Crippen LogP contribution in [0.15, 0.2) is 18.2 Å². The van der Waals surface area contributed by atoms with E-state index in [0.717, 1.165) is 12.2 Å². The van der Waals surface area contributed by atoms with Crippen molar-refractivity contribution in [3.63, 3.8) is 0 Å². The molecule has 4 heteroatoms. The zero-order valence-corrected chi connectivity index (χ0v) is 9.69. The van der Waals surface area contributed by atoms with E-state index in [9.17, 15) is 0 Å². The molecule has 0 saturated heterocycles. The second kappa shape index (κ2) is 5.44. The maximum atomic E-state index is 5.97. The molecule has 1 rings (SSSR count). The van der Waals surface area contributed by atoms with Gasteiger partial charge in [-0.15, -0.1) is 0 Å².